The molecule has 1 aromatic heterocycles. The maximum atomic E-state index is 12.3. The molecule has 0 unspecified atom stereocenters. The van der Waals surface area contributed by atoms with Crippen molar-refractivity contribution in [3.8, 4) is 5.75 Å². The Morgan fingerprint density at radius 2 is 2.04 bits per heavy atom. The number of ether oxygens (including phenoxy) is 1. The van der Waals surface area contributed by atoms with Crippen molar-refractivity contribution in [1.82, 2.24) is 4.98 Å². The number of carboxylic acids is 1. The molecule has 0 aliphatic rings. The van der Waals surface area contributed by atoms with Crippen LogP contribution in [0.15, 0.2) is 23.0 Å². The van der Waals surface area contributed by atoms with Crippen LogP contribution in [-0.4, -0.2) is 42.3 Å². The second-order valence-corrected chi connectivity index (χ2v) is 6.58. The zero-order valence-corrected chi connectivity index (χ0v) is 14.3. The van der Waals surface area contributed by atoms with E-state index >= 15 is 0 Å². The smallest absolute Gasteiger partial charge is 0.352 e. The molecule has 7 nitrogen and oxygen atoms in total. The third-order valence-electron chi connectivity index (χ3n) is 3.86. The number of anilines is 1. The number of carbonyl (C=O) groups is 1. The Balaban J connectivity index is 2.61. The van der Waals surface area contributed by atoms with Crippen LogP contribution in [0.5, 0.6) is 5.75 Å². The van der Waals surface area contributed by atoms with E-state index in [9.17, 15) is 14.7 Å². The van der Waals surface area contributed by atoms with Crippen molar-refractivity contribution in [2.24, 2.45) is 5.73 Å². The van der Waals surface area contributed by atoms with Gasteiger partial charge in [0.2, 0.25) is 0 Å². The van der Waals surface area contributed by atoms with Crippen LogP contribution in [0.4, 0.5) is 5.69 Å². The van der Waals surface area contributed by atoms with Gasteiger partial charge in [-0.25, -0.2) is 4.79 Å². The van der Waals surface area contributed by atoms with Gasteiger partial charge < -0.3 is 25.5 Å². The summed E-state index contributed by atoms with van der Waals surface area (Å²) in [7, 11) is 3.39. The number of pyridine rings is 1. The SMILES string of the molecule is COc1cc(N(C)CCC(C)(C)N)c2[nH]c(C(=O)O)cc(=O)c2c1. The average Bonchev–Trinajstić information content (AvgIpc) is 2.50. The molecule has 2 aromatic rings. The molecule has 0 bridgehead atoms. The molecular formula is C17H23N3O4. The maximum absolute atomic E-state index is 12.3. The molecule has 0 radical (unpaired) electrons. The topological polar surface area (TPSA) is 109 Å². The number of aromatic carboxylic acids is 1. The molecule has 0 spiro atoms. The number of methoxy groups -OCH3 is 1. The third-order valence-corrected chi connectivity index (χ3v) is 3.86. The van der Waals surface area contributed by atoms with Crippen molar-refractivity contribution in [2.45, 2.75) is 25.8 Å². The standard InChI is InChI=1S/C17H23N3O4/c1-17(2,18)5-6-20(3)13-8-10(24-4)7-11-14(21)9-12(16(22)23)19-15(11)13/h7-9H,5-6,18H2,1-4H3,(H,19,21)(H,22,23). The second-order valence-electron chi connectivity index (χ2n) is 6.58. The first-order valence-corrected chi connectivity index (χ1v) is 7.61. The van der Waals surface area contributed by atoms with Gasteiger partial charge in [-0.05, 0) is 26.3 Å². The zero-order chi connectivity index (χ0) is 18.1. The number of fused-ring (bicyclic) bond motifs is 1. The van der Waals surface area contributed by atoms with Gasteiger partial charge in [0.25, 0.3) is 0 Å². The minimum Gasteiger partial charge on any atom is -0.497 e. The molecule has 0 aliphatic carbocycles. The Morgan fingerprint density at radius 1 is 1.38 bits per heavy atom. The first kappa shape index (κ1) is 17.8. The highest BCUT2D eigenvalue weighted by molar-refractivity contribution is 5.96. The lowest BCUT2D eigenvalue weighted by atomic mass is 10.0. The van der Waals surface area contributed by atoms with Crippen LogP contribution in [0.1, 0.15) is 30.8 Å². The van der Waals surface area contributed by atoms with Crippen LogP contribution >= 0.6 is 0 Å². The predicted octanol–water partition coefficient (Wildman–Crippen LogP) is 1.80. The lowest BCUT2D eigenvalue weighted by Gasteiger charge is -2.26. The van der Waals surface area contributed by atoms with E-state index in [0.717, 1.165) is 12.5 Å². The molecular weight excluding hydrogens is 310 g/mol. The Bertz CT molecular complexity index is 821. The summed E-state index contributed by atoms with van der Waals surface area (Å²) in [5.41, 5.74) is 6.35. The Hall–Kier alpha value is -2.54. The summed E-state index contributed by atoms with van der Waals surface area (Å²) in [6.45, 7) is 4.52. The number of benzene rings is 1. The van der Waals surface area contributed by atoms with Crippen LogP contribution < -0.4 is 20.8 Å². The largest absolute Gasteiger partial charge is 0.497 e. The van der Waals surface area contributed by atoms with Crippen molar-refractivity contribution in [3.05, 3.63) is 34.1 Å². The summed E-state index contributed by atoms with van der Waals surface area (Å²) in [6, 6.07) is 4.45. The highest BCUT2D eigenvalue weighted by Gasteiger charge is 2.17. The number of nitrogens with one attached hydrogen (secondary N) is 1. The summed E-state index contributed by atoms with van der Waals surface area (Å²) in [5, 5.41) is 9.57. The minimum atomic E-state index is -1.18. The van der Waals surface area contributed by atoms with Crippen molar-refractivity contribution in [3.63, 3.8) is 0 Å². The molecule has 0 aliphatic heterocycles. The first-order valence-electron chi connectivity index (χ1n) is 7.61. The van der Waals surface area contributed by atoms with E-state index in [4.69, 9.17) is 10.5 Å². The number of hydrogen-bond acceptors (Lipinski definition) is 5. The van der Waals surface area contributed by atoms with Crippen LogP contribution in [0, 0.1) is 0 Å². The second kappa shape index (κ2) is 6.52. The number of rotatable bonds is 6. The molecule has 7 heteroatoms. The molecule has 1 aromatic carbocycles. The summed E-state index contributed by atoms with van der Waals surface area (Å²) in [5.74, 6) is -0.647. The first-order chi connectivity index (χ1) is 11.1. The van der Waals surface area contributed by atoms with Crippen molar-refractivity contribution in [1.29, 1.82) is 0 Å². The van der Waals surface area contributed by atoms with E-state index in [-0.39, 0.29) is 16.7 Å². The number of carboxylic acid groups (broad SMARTS) is 1. The molecule has 1 heterocycles. The van der Waals surface area contributed by atoms with Crippen molar-refractivity contribution in [2.75, 3.05) is 25.6 Å². The quantitative estimate of drug-likeness (QED) is 0.744. The minimum absolute atomic E-state index is 0.147. The van der Waals surface area contributed by atoms with Crippen LogP contribution in [-0.2, 0) is 0 Å². The van der Waals surface area contributed by atoms with Gasteiger partial charge in [0.1, 0.15) is 11.4 Å². The molecule has 0 saturated carbocycles. The normalized spacial score (nSPS) is 11.5. The molecule has 0 amide bonds. The van der Waals surface area contributed by atoms with Crippen molar-refractivity contribution >= 4 is 22.6 Å². The van der Waals surface area contributed by atoms with Crippen LogP contribution in [0.25, 0.3) is 10.9 Å². The van der Waals surface area contributed by atoms with Gasteiger partial charge >= 0.3 is 5.97 Å². The van der Waals surface area contributed by atoms with E-state index in [0.29, 0.717) is 28.9 Å². The van der Waals surface area contributed by atoms with E-state index in [1.807, 2.05) is 25.8 Å². The number of H-pyrrole nitrogens is 1. The van der Waals surface area contributed by atoms with Gasteiger partial charge in [-0.2, -0.15) is 0 Å². The fraction of sp³-hybridized carbons (Fsp3) is 0.412. The monoisotopic (exact) mass is 333 g/mol. The van der Waals surface area contributed by atoms with E-state index in [2.05, 4.69) is 4.98 Å². The average molecular weight is 333 g/mol. The van der Waals surface area contributed by atoms with E-state index in [1.54, 1.807) is 12.1 Å². The highest BCUT2D eigenvalue weighted by atomic mass is 16.5. The fourth-order valence-electron chi connectivity index (χ4n) is 2.42. The van der Waals surface area contributed by atoms with Crippen LogP contribution in [0.2, 0.25) is 0 Å². The molecule has 4 N–H and O–H groups in total. The predicted molar refractivity (Wildman–Crippen MR) is 94.2 cm³/mol. The van der Waals surface area contributed by atoms with Gasteiger partial charge in [0, 0.05) is 31.3 Å². The molecule has 130 valence electrons. The van der Waals surface area contributed by atoms with Gasteiger partial charge in [-0.3, -0.25) is 4.79 Å². The van der Waals surface area contributed by atoms with Gasteiger partial charge in [-0.1, -0.05) is 0 Å². The molecule has 0 atom stereocenters. The third kappa shape index (κ3) is 3.86. The molecule has 0 saturated heterocycles. The summed E-state index contributed by atoms with van der Waals surface area (Å²) >= 11 is 0. The summed E-state index contributed by atoms with van der Waals surface area (Å²) in [4.78, 5) is 28.3. The fourth-order valence-corrected chi connectivity index (χ4v) is 2.42. The number of aromatic nitrogens is 1. The lowest BCUT2D eigenvalue weighted by molar-refractivity contribution is 0.0691. The van der Waals surface area contributed by atoms with E-state index in [1.165, 1.54) is 7.11 Å². The highest BCUT2D eigenvalue weighted by Crippen LogP contribution is 2.29. The number of hydrogen-bond donors (Lipinski definition) is 3. The number of nitrogens with two attached hydrogens (primary N) is 1. The van der Waals surface area contributed by atoms with Gasteiger partial charge in [0.05, 0.1) is 23.7 Å². The zero-order valence-electron chi connectivity index (χ0n) is 14.3. The Kier molecular flexibility index (Phi) is 4.84. The van der Waals surface area contributed by atoms with Crippen LogP contribution in [0.3, 0.4) is 0 Å². The van der Waals surface area contributed by atoms with Crippen molar-refractivity contribution < 1.29 is 14.6 Å². The number of aromatic amines is 1. The van der Waals surface area contributed by atoms with E-state index < -0.39 is 5.97 Å². The van der Waals surface area contributed by atoms with Gasteiger partial charge in [-0.15, -0.1) is 0 Å². The number of nitrogens with zero attached hydrogens (tertiary/aromatic N) is 1. The summed E-state index contributed by atoms with van der Waals surface area (Å²) < 4.78 is 5.27. The Morgan fingerprint density at radius 3 is 2.58 bits per heavy atom. The lowest BCUT2D eigenvalue weighted by Crippen LogP contribution is -2.36. The molecule has 0 fully saturated rings. The summed E-state index contributed by atoms with van der Waals surface area (Å²) in [6.07, 6.45) is 0.727. The maximum Gasteiger partial charge on any atom is 0.352 e. The Labute approximate surface area is 140 Å². The van der Waals surface area contributed by atoms with Gasteiger partial charge in [0.15, 0.2) is 5.43 Å². The molecule has 24 heavy (non-hydrogen) atoms. The molecule has 2 rings (SSSR count).